The second kappa shape index (κ2) is 14.0. The number of unbranched alkanes of at least 4 members (excludes halogenated alkanes) is 3. The molecule has 0 spiro atoms. The number of nitrogens with zero attached hydrogens (tertiary/aromatic N) is 1. The zero-order valence-electron chi connectivity index (χ0n) is 20.6. The molecule has 0 aromatic heterocycles. The van der Waals surface area contributed by atoms with Crippen LogP contribution < -0.4 is 10.6 Å². The molecule has 4 N–H and O–H groups in total. The number of hydrogen-bond acceptors (Lipinski definition) is 5. The van der Waals surface area contributed by atoms with Crippen LogP contribution in [0.1, 0.15) is 62.1 Å². The van der Waals surface area contributed by atoms with Crippen molar-refractivity contribution in [3.8, 4) is 11.5 Å². The fourth-order valence-electron chi connectivity index (χ4n) is 4.99. The van der Waals surface area contributed by atoms with Crippen molar-refractivity contribution in [3.05, 3.63) is 53.1 Å². The molecule has 0 radical (unpaired) electrons. The van der Waals surface area contributed by atoms with Crippen LogP contribution in [-0.4, -0.2) is 53.7 Å². The largest absolute Gasteiger partial charge is 0.504 e. The number of carbonyl (C=O) groups is 1. The molecule has 1 aliphatic rings. The van der Waals surface area contributed by atoms with Crippen LogP contribution in [0.25, 0.3) is 0 Å². The van der Waals surface area contributed by atoms with Crippen molar-refractivity contribution in [3.63, 3.8) is 0 Å². The summed E-state index contributed by atoms with van der Waals surface area (Å²) in [6, 6.07) is 12.1. The van der Waals surface area contributed by atoms with E-state index >= 15 is 0 Å². The van der Waals surface area contributed by atoms with Gasteiger partial charge in [0.2, 0.25) is 6.41 Å². The summed E-state index contributed by atoms with van der Waals surface area (Å²) in [6.45, 7) is 6.54. The van der Waals surface area contributed by atoms with Crippen molar-refractivity contribution < 1.29 is 15.0 Å². The van der Waals surface area contributed by atoms with Gasteiger partial charge in [-0.1, -0.05) is 38.0 Å². The van der Waals surface area contributed by atoms with E-state index in [2.05, 4.69) is 34.6 Å². The van der Waals surface area contributed by atoms with E-state index in [1.54, 1.807) is 6.07 Å². The molecular weight excluding hydrogens is 426 g/mol. The van der Waals surface area contributed by atoms with Crippen molar-refractivity contribution in [2.24, 2.45) is 0 Å². The third-order valence-electron chi connectivity index (χ3n) is 6.89. The summed E-state index contributed by atoms with van der Waals surface area (Å²) in [5.74, 6) is 0.0794. The molecule has 1 amide bonds. The Morgan fingerprint density at radius 2 is 1.79 bits per heavy atom. The summed E-state index contributed by atoms with van der Waals surface area (Å²) in [5, 5.41) is 26.1. The molecule has 34 heavy (non-hydrogen) atoms. The fourth-order valence-corrected chi connectivity index (χ4v) is 4.99. The Bertz CT molecular complexity index is 885. The first kappa shape index (κ1) is 26.0. The minimum absolute atomic E-state index is 0.000559. The Morgan fingerprint density at radius 1 is 1.00 bits per heavy atom. The van der Waals surface area contributed by atoms with Gasteiger partial charge in [0.1, 0.15) is 0 Å². The second-order valence-electron chi connectivity index (χ2n) is 9.38. The molecule has 0 saturated heterocycles. The lowest BCUT2D eigenvalue weighted by Gasteiger charge is -2.35. The van der Waals surface area contributed by atoms with Crippen LogP contribution in [0.15, 0.2) is 36.4 Å². The first-order chi connectivity index (χ1) is 16.6. The van der Waals surface area contributed by atoms with Gasteiger partial charge in [-0.25, -0.2) is 0 Å². The number of benzene rings is 2. The maximum Gasteiger partial charge on any atom is 0.211 e. The van der Waals surface area contributed by atoms with Crippen LogP contribution in [-0.2, 0) is 24.1 Å². The van der Waals surface area contributed by atoms with Crippen LogP contribution >= 0.6 is 0 Å². The average Bonchev–Trinajstić information content (AvgIpc) is 2.85. The molecule has 0 fully saturated rings. The molecule has 0 bridgehead atoms. The fraction of sp³-hybridized carbons (Fsp3) is 0.536. The molecule has 1 unspecified atom stereocenters. The molecule has 0 heterocycles. The van der Waals surface area contributed by atoms with Crippen LogP contribution in [0, 0.1) is 0 Å². The molecule has 3 rings (SSSR count). The number of anilines is 1. The third kappa shape index (κ3) is 7.74. The highest BCUT2D eigenvalue weighted by molar-refractivity contribution is 5.71. The molecule has 0 saturated carbocycles. The maximum absolute atomic E-state index is 10.5. The van der Waals surface area contributed by atoms with Gasteiger partial charge in [0.15, 0.2) is 11.5 Å². The molecule has 6 heteroatoms. The van der Waals surface area contributed by atoms with Crippen LogP contribution in [0.5, 0.6) is 11.5 Å². The van der Waals surface area contributed by atoms with Gasteiger partial charge in [-0.05, 0) is 100 Å². The molecule has 1 atom stereocenters. The lowest BCUT2D eigenvalue weighted by Crippen LogP contribution is -2.40. The van der Waals surface area contributed by atoms with Gasteiger partial charge >= 0.3 is 0 Å². The van der Waals surface area contributed by atoms with E-state index in [4.69, 9.17) is 0 Å². The first-order valence-electron chi connectivity index (χ1n) is 12.9. The van der Waals surface area contributed by atoms with E-state index in [9.17, 15) is 15.0 Å². The number of nitrogens with one attached hydrogen (secondary N) is 2. The van der Waals surface area contributed by atoms with Crippen LogP contribution in [0.4, 0.5) is 5.69 Å². The SMILES string of the molecule is CCCN(CCCCCCNCCc1ccc(NC=O)cc1)C1CCc2c(ccc(O)c2O)C1. The minimum atomic E-state index is -0.000559. The summed E-state index contributed by atoms with van der Waals surface area (Å²) in [7, 11) is 0. The number of aromatic hydroxyl groups is 2. The molecule has 2 aromatic rings. The molecule has 2 aromatic carbocycles. The van der Waals surface area contributed by atoms with Crippen LogP contribution in [0.2, 0.25) is 0 Å². The number of fused-ring (bicyclic) bond motifs is 1. The Kier molecular flexibility index (Phi) is 10.7. The van der Waals surface area contributed by atoms with Crippen molar-refractivity contribution >= 4 is 12.1 Å². The second-order valence-corrected chi connectivity index (χ2v) is 9.38. The first-order valence-corrected chi connectivity index (χ1v) is 12.9. The van der Waals surface area contributed by atoms with E-state index in [0.717, 1.165) is 69.5 Å². The lowest BCUT2D eigenvalue weighted by molar-refractivity contribution is -0.105. The maximum atomic E-state index is 10.5. The molecule has 0 aliphatic heterocycles. The highest BCUT2D eigenvalue weighted by Gasteiger charge is 2.26. The van der Waals surface area contributed by atoms with Gasteiger partial charge in [0, 0.05) is 17.3 Å². The number of rotatable bonds is 15. The number of phenolic OH excluding ortho intramolecular Hbond substituents is 2. The van der Waals surface area contributed by atoms with Gasteiger partial charge in [-0.15, -0.1) is 0 Å². The van der Waals surface area contributed by atoms with Crippen molar-refractivity contribution in [2.75, 3.05) is 31.5 Å². The van der Waals surface area contributed by atoms with Crippen molar-refractivity contribution in [2.45, 2.75) is 70.8 Å². The van der Waals surface area contributed by atoms with Crippen LogP contribution in [0.3, 0.4) is 0 Å². The van der Waals surface area contributed by atoms with E-state index in [0.29, 0.717) is 12.5 Å². The number of amides is 1. The minimum Gasteiger partial charge on any atom is -0.504 e. The smallest absolute Gasteiger partial charge is 0.211 e. The quantitative estimate of drug-likeness (QED) is 0.174. The normalized spacial score (nSPS) is 15.3. The van der Waals surface area contributed by atoms with Gasteiger partial charge in [0.05, 0.1) is 0 Å². The number of carbonyl (C=O) groups excluding carboxylic acids is 1. The van der Waals surface area contributed by atoms with Crippen molar-refractivity contribution in [1.82, 2.24) is 10.2 Å². The third-order valence-corrected chi connectivity index (χ3v) is 6.89. The van der Waals surface area contributed by atoms with Crippen molar-refractivity contribution in [1.29, 1.82) is 0 Å². The summed E-state index contributed by atoms with van der Waals surface area (Å²) in [6.07, 6.45) is 10.6. The zero-order valence-corrected chi connectivity index (χ0v) is 20.6. The molecule has 1 aliphatic carbocycles. The Hall–Kier alpha value is -2.57. The topological polar surface area (TPSA) is 84.8 Å². The van der Waals surface area contributed by atoms with E-state index < -0.39 is 0 Å². The Morgan fingerprint density at radius 3 is 2.56 bits per heavy atom. The summed E-state index contributed by atoms with van der Waals surface area (Å²) >= 11 is 0. The lowest BCUT2D eigenvalue weighted by atomic mass is 9.86. The summed E-state index contributed by atoms with van der Waals surface area (Å²) in [5.41, 5.74) is 4.23. The van der Waals surface area contributed by atoms with Gasteiger partial charge in [-0.3, -0.25) is 4.79 Å². The number of phenols is 2. The number of hydrogen-bond donors (Lipinski definition) is 4. The van der Waals surface area contributed by atoms with Gasteiger partial charge < -0.3 is 25.7 Å². The predicted molar refractivity (Wildman–Crippen MR) is 139 cm³/mol. The molecular formula is C28H41N3O3. The van der Waals surface area contributed by atoms with E-state index in [-0.39, 0.29) is 11.5 Å². The highest BCUT2D eigenvalue weighted by Crippen LogP contribution is 2.36. The van der Waals surface area contributed by atoms with E-state index in [1.165, 1.54) is 36.8 Å². The Balaban J connectivity index is 1.28. The molecule has 6 nitrogen and oxygen atoms in total. The molecule has 186 valence electrons. The standard InChI is InChI=1S/C28H41N3O3/c1-2-18-31(25-12-13-26-23(20-25)9-14-27(33)28(26)34)19-6-4-3-5-16-29-17-15-22-7-10-24(11-8-22)30-21-32/h7-11,14,21,25,29,33-34H,2-6,12-13,15-20H2,1H3,(H,30,32). The monoisotopic (exact) mass is 467 g/mol. The summed E-state index contributed by atoms with van der Waals surface area (Å²) in [4.78, 5) is 13.1. The van der Waals surface area contributed by atoms with E-state index in [1.807, 2.05) is 18.2 Å². The zero-order chi connectivity index (χ0) is 24.2. The predicted octanol–water partition coefficient (Wildman–Crippen LogP) is 4.63. The average molecular weight is 468 g/mol. The highest BCUT2D eigenvalue weighted by atomic mass is 16.3. The van der Waals surface area contributed by atoms with Gasteiger partial charge in [-0.2, -0.15) is 0 Å². The Labute approximate surface area is 204 Å². The summed E-state index contributed by atoms with van der Waals surface area (Å²) < 4.78 is 0. The van der Waals surface area contributed by atoms with Gasteiger partial charge in [0.25, 0.3) is 0 Å².